The van der Waals surface area contributed by atoms with Crippen molar-refractivity contribution in [2.45, 2.75) is 13.0 Å². The number of rotatable bonds is 5. The van der Waals surface area contributed by atoms with Crippen molar-refractivity contribution < 1.29 is 4.74 Å². The number of hydrogen-bond donors (Lipinski definition) is 1. The van der Waals surface area contributed by atoms with Gasteiger partial charge in [0.1, 0.15) is 5.75 Å². The van der Waals surface area contributed by atoms with E-state index in [1.165, 1.54) is 6.07 Å². The Labute approximate surface area is 133 Å². The van der Waals surface area contributed by atoms with Gasteiger partial charge in [-0.25, -0.2) is 0 Å². The number of ether oxygens (including phenoxy) is 1. The van der Waals surface area contributed by atoms with E-state index in [-0.39, 0.29) is 5.56 Å². The zero-order valence-corrected chi connectivity index (χ0v) is 13.9. The smallest absolute Gasteiger partial charge is 0.250 e. The fourth-order valence-corrected chi connectivity index (χ4v) is 2.98. The molecule has 106 valence electrons. The van der Waals surface area contributed by atoms with Gasteiger partial charge in [0.2, 0.25) is 0 Å². The van der Waals surface area contributed by atoms with Crippen LogP contribution >= 0.6 is 31.9 Å². The van der Waals surface area contributed by atoms with Crippen LogP contribution in [0, 0.1) is 0 Å². The summed E-state index contributed by atoms with van der Waals surface area (Å²) in [5, 5.41) is 0. The molecule has 2 N–H and O–H groups in total. The summed E-state index contributed by atoms with van der Waals surface area (Å²) in [6.45, 7) is 1.09. The van der Waals surface area contributed by atoms with Crippen LogP contribution in [0.25, 0.3) is 0 Å². The highest BCUT2D eigenvalue weighted by Gasteiger charge is 2.05. The molecule has 1 heterocycles. The molecule has 0 radical (unpaired) electrons. The van der Waals surface area contributed by atoms with E-state index in [1.807, 2.05) is 18.2 Å². The molecule has 20 heavy (non-hydrogen) atoms. The zero-order valence-electron chi connectivity index (χ0n) is 10.7. The fourth-order valence-electron chi connectivity index (χ4n) is 1.75. The first-order chi connectivity index (χ1) is 9.58. The van der Waals surface area contributed by atoms with Crippen molar-refractivity contribution in [2.24, 2.45) is 0 Å². The number of aryl methyl sites for hydroxylation is 1. The molecule has 0 atom stereocenters. The number of aromatic nitrogens is 1. The van der Waals surface area contributed by atoms with Crippen molar-refractivity contribution in [1.82, 2.24) is 4.57 Å². The molecule has 2 rings (SSSR count). The highest BCUT2D eigenvalue weighted by molar-refractivity contribution is 9.11. The van der Waals surface area contributed by atoms with Crippen molar-refractivity contribution in [3.8, 4) is 5.75 Å². The summed E-state index contributed by atoms with van der Waals surface area (Å²) >= 11 is 6.88. The molecule has 0 saturated carbocycles. The van der Waals surface area contributed by atoms with Gasteiger partial charge in [0.15, 0.2) is 0 Å². The van der Waals surface area contributed by atoms with Gasteiger partial charge in [-0.05, 0) is 56.5 Å². The first-order valence-electron chi connectivity index (χ1n) is 6.10. The lowest BCUT2D eigenvalue weighted by atomic mass is 10.3. The second kappa shape index (κ2) is 6.95. The molecule has 0 fully saturated rings. The molecule has 1 aromatic heterocycles. The van der Waals surface area contributed by atoms with Crippen LogP contribution in [-0.2, 0) is 6.54 Å². The van der Waals surface area contributed by atoms with Crippen molar-refractivity contribution in [2.75, 3.05) is 12.3 Å². The average molecular weight is 402 g/mol. The Morgan fingerprint density at radius 3 is 2.55 bits per heavy atom. The number of nitrogens with zero attached hydrogens (tertiary/aromatic N) is 1. The summed E-state index contributed by atoms with van der Waals surface area (Å²) in [7, 11) is 0. The van der Waals surface area contributed by atoms with Gasteiger partial charge < -0.3 is 15.0 Å². The third kappa shape index (κ3) is 3.86. The van der Waals surface area contributed by atoms with Crippen LogP contribution < -0.4 is 16.0 Å². The van der Waals surface area contributed by atoms with Gasteiger partial charge in [0.05, 0.1) is 15.6 Å². The van der Waals surface area contributed by atoms with Gasteiger partial charge in [0, 0.05) is 24.5 Å². The Morgan fingerprint density at radius 1 is 1.15 bits per heavy atom. The normalized spacial score (nSPS) is 10.5. The minimum atomic E-state index is -0.0544. The first kappa shape index (κ1) is 15.1. The van der Waals surface area contributed by atoms with Gasteiger partial charge >= 0.3 is 0 Å². The van der Waals surface area contributed by atoms with Gasteiger partial charge in [-0.15, -0.1) is 0 Å². The summed E-state index contributed by atoms with van der Waals surface area (Å²) < 4.78 is 9.10. The van der Waals surface area contributed by atoms with E-state index in [2.05, 4.69) is 31.9 Å². The largest absolute Gasteiger partial charge is 0.491 e. The minimum Gasteiger partial charge on any atom is -0.491 e. The van der Waals surface area contributed by atoms with Crippen molar-refractivity contribution in [1.29, 1.82) is 0 Å². The second-order valence-corrected chi connectivity index (χ2v) is 5.96. The Balaban J connectivity index is 1.91. The summed E-state index contributed by atoms with van der Waals surface area (Å²) in [5.74, 6) is 0.771. The SMILES string of the molecule is Nc1ccc(=O)n(CCCOc2c(Br)cccc2Br)c1. The molecule has 0 aliphatic rings. The second-order valence-electron chi connectivity index (χ2n) is 4.25. The van der Waals surface area contributed by atoms with Gasteiger partial charge in [-0.3, -0.25) is 4.79 Å². The van der Waals surface area contributed by atoms with Crippen LogP contribution in [0.5, 0.6) is 5.75 Å². The van der Waals surface area contributed by atoms with Crippen LogP contribution in [0.1, 0.15) is 6.42 Å². The van der Waals surface area contributed by atoms with Crippen molar-refractivity contribution in [3.63, 3.8) is 0 Å². The van der Waals surface area contributed by atoms with E-state index in [0.717, 1.165) is 21.1 Å². The molecule has 0 aliphatic carbocycles. The molecular weight excluding hydrogens is 388 g/mol. The third-order valence-corrected chi connectivity index (χ3v) is 3.96. The molecule has 0 spiro atoms. The predicted octanol–water partition coefficient (Wildman–Crippen LogP) is 3.42. The number of pyridine rings is 1. The van der Waals surface area contributed by atoms with Crippen LogP contribution in [0.15, 0.2) is 50.3 Å². The van der Waals surface area contributed by atoms with Gasteiger partial charge in [-0.2, -0.15) is 0 Å². The van der Waals surface area contributed by atoms with Crippen LogP contribution in [-0.4, -0.2) is 11.2 Å². The average Bonchev–Trinajstić information content (AvgIpc) is 2.41. The van der Waals surface area contributed by atoms with Crippen molar-refractivity contribution in [3.05, 3.63) is 55.8 Å². The monoisotopic (exact) mass is 400 g/mol. The lowest BCUT2D eigenvalue weighted by Gasteiger charge is -2.11. The van der Waals surface area contributed by atoms with E-state index >= 15 is 0 Å². The lowest BCUT2D eigenvalue weighted by molar-refractivity contribution is 0.297. The molecule has 1 aromatic carbocycles. The number of anilines is 1. The van der Waals surface area contributed by atoms with E-state index in [4.69, 9.17) is 10.5 Å². The maximum atomic E-state index is 11.6. The molecule has 0 unspecified atom stereocenters. The van der Waals surface area contributed by atoms with E-state index in [1.54, 1.807) is 16.8 Å². The number of nitrogens with two attached hydrogens (primary N) is 1. The standard InChI is InChI=1S/C14H14Br2N2O2/c15-11-3-1-4-12(16)14(11)20-8-2-7-18-9-10(17)5-6-13(18)19/h1,3-6,9H,2,7-8,17H2. The number of halogens is 2. The molecule has 2 aromatic rings. The number of hydrogen-bond acceptors (Lipinski definition) is 3. The Kier molecular flexibility index (Phi) is 5.25. The zero-order chi connectivity index (χ0) is 14.5. The van der Waals surface area contributed by atoms with E-state index < -0.39 is 0 Å². The Morgan fingerprint density at radius 2 is 1.85 bits per heavy atom. The molecule has 0 aliphatic heterocycles. The predicted molar refractivity (Wildman–Crippen MR) is 87.1 cm³/mol. The van der Waals surface area contributed by atoms with E-state index in [0.29, 0.717) is 18.8 Å². The summed E-state index contributed by atoms with van der Waals surface area (Å²) in [6, 6.07) is 8.84. The molecule has 0 saturated heterocycles. The Bertz CT molecular complexity index is 636. The summed E-state index contributed by atoms with van der Waals surface area (Å²) in [5.41, 5.74) is 6.19. The number of nitrogen functional groups attached to an aromatic ring is 1. The van der Waals surface area contributed by atoms with Gasteiger partial charge in [0.25, 0.3) is 5.56 Å². The summed E-state index contributed by atoms with van der Waals surface area (Å²) in [4.78, 5) is 11.6. The topological polar surface area (TPSA) is 57.2 Å². The highest BCUT2D eigenvalue weighted by atomic mass is 79.9. The van der Waals surface area contributed by atoms with Crippen LogP contribution in [0.2, 0.25) is 0 Å². The van der Waals surface area contributed by atoms with Crippen LogP contribution in [0.3, 0.4) is 0 Å². The molecule has 0 amide bonds. The molecule has 0 bridgehead atoms. The van der Waals surface area contributed by atoms with Crippen molar-refractivity contribution >= 4 is 37.5 Å². The maximum Gasteiger partial charge on any atom is 0.250 e. The highest BCUT2D eigenvalue weighted by Crippen LogP contribution is 2.32. The number of para-hydroxylation sites is 1. The quantitative estimate of drug-likeness (QED) is 0.781. The molecular formula is C14H14Br2N2O2. The lowest BCUT2D eigenvalue weighted by Crippen LogP contribution is -2.20. The van der Waals surface area contributed by atoms with Crippen LogP contribution in [0.4, 0.5) is 5.69 Å². The Hall–Kier alpha value is -1.27. The maximum absolute atomic E-state index is 11.6. The summed E-state index contributed by atoms with van der Waals surface area (Å²) in [6.07, 6.45) is 2.37. The molecule has 4 nitrogen and oxygen atoms in total. The number of benzene rings is 1. The first-order valence-corrected chi connectivity index (χ1v) is 7.69. The van der Waals surface area contributed by atoms with Gasteiger partial charge in [-0.1, -0.05) is 6.07 Å². The minimum absolute atomic E-state index is 0.0544. The van der Waals surface area contributed by atoms with E-state index in [9.17, 15) is 4.79 Å². The third-order valence-electron chi connectivity index (χ3n) is 2.72. The fraction of sp³-hybridized carbons (Fsp3) is 0.214. The molecule has 6 heteroatoms.